The zero-order valence-corrected chi connectivity index (χ0v) is 20.1. The van der Waals surface area contributed by atoms with Gasteiger partial charge in [0.05, 0.1) is 17.2 Å². The molecule has 4 rings (SSSR count). The number of rotatable bonds is 5. The van der Waals surface area contributed by atoms with Gasteiger partial charge in [-0.15, -0.1) is 0 Å². The molecule has 0 radical (unpaired) electrons. The number of carbonyl (C=O) groups excluding carboxylic acids is 2. The van der Waals surface area contributed by atoms with Gasteiger partial charge in [-0.2, -0.15) is 10.5 Å². The van der Waals surface area contributed by atoms with Gasteiger partial charge in [-0.3, -0.25) is 9.59 Å². The first kappa shape index (κ1) is 24.2. The molecule has 0 saturated carbocycles. The van der Waals surface area contributed by atoms with Crippen LogP contribution in [0.2, 0.25) is 0 Å². The molecule has 0 aliphatic carbocycles. The number of amides is 2. The van der Waals surface area contributed by atoms with Crippen molar-refractivity contribution in [1.29, 1.82) is 10.5 Å². The third-order valence-corrected chi connectivity index (χ3v) is 7.21. The highest BCUT2D eigenvalue weighted by Gasteiger charge is 2.42. The largest absolute Gasteiger partial charge is 0.474 e. The summed E-state index contributed by atoms with van der Waals surface area (Å²) in [6, 6.07) is 15.1. The Labute approximate surface area is 205 Å². The van der Waals surface area contributed by atoms with Gasteiger partial charge >= 0.3 is 0 Å². The quantitative estimate of drug-likeness (QED) is 0.663. The minimum atomic E-state index is -0.228. The Morgan fingerprint density at radius 3 is 2.23 bits per heavy atom. The molecule has 2 saturated heterocycles. The van der Waals surface area contributed by atoms with Crippen LogP contribution in [0.3, 0.4) is 0 Å². The minimum absolute atomic E-state index is 0.0293. The number of hydrogen-bond acceptors (Lipinski definition) is 6. The van der Waals surface area contributed by atoms with E-state index in [0.29, 0.717) is 56.0 Å². The van der Waals surface area contributed by atoms with Gasteiger partial charge in [0, 0.05) is 63.1 Å². The number of pyridine rings is 1. The number of nitriles is 2. The van der Waals surface area contributed by atoms with E-state index in [0.717, 1.165) is 5.56 Å². The molecule has 0 spiro atoms. The van der Waals surface area contributed by atoms with Crippen LogP contribution in [0.1, 0.15) is 49.3 Å². The fraction of sp³-hybridized carbons (Fsp3) is 0.444. The predicted molar refractivity (Wildman–Crippen MR) is 128 cm³/mol. The van der Waals surface area contributed by atoms with Crippen LogP contribution < -0.4 is 4.74 Å². The summed E-state index contributed by atoms with van der Waals surface area (Å²) in [4.78, 5) is 33.1. The number of aromatic nitrogens is 1. The van der Waals surface area contributed by atoms with Gasteiger partial charge in [-0.1, -0.05) is 12.1 Å². The normalized spacial score (nSPS) is 21.1. The molecule has 1 aromatic heterocycles. The monoisotopic (exact) mass is 471 g/mol. The third kappa shape index (κ3) is 5.44. The fourth-order valence-corrected chi connectivity index (χ4v) is 5.14. The van der Waals surface area contributed by atoms with Gasteiger partial charge < -0.3 is 14.5 Å². The van der Waals surface area contributed by atoms with Crippen molar-refractivity contribution in [3.05, 3.63) is 59.3 Å². The molecule has 2 aliphatic rings. The first-order valence-electron chi connectivity index (χ1n) is 12.0. The second-order valence-electron chi connectivity index (χ2n) is 9.35. The Morgan fingerprint density at radius 1 is 1.00 bits per heavy atom. The average molecular weight is 472 g/mol. The molecule has 3 heterocycles. The van der Waals surface area contributed by atoms with Gasteiger partial charge in [-0.25, -0.2) is 4.98 Å². The Hall–Kier alpha value is -3.91. The molecule has 0 N–H and O–H groups in total. The van der Waals surface area contributed by atoms with Crippen molar-refractivity contribution in [2.75, 3.05) is 26.2 Å². The highest BCUT2D eigenvalue weighted by molar-refractivity contribution is 5.80. The molecule has 1 aromatic carbocycles. The first-order chi connectivity index (χ1) is 16.9. The Morgan fingerprint density at radius 2 is 1.66 bits per heavy atom. The van der Waals surface area contributed by atoms with Crippen LogP contribution in [0.25, 0.3) is 0 Å². The van der Waals surface area contributed by atoms with Crippen molar-refractivity contribution < 1.29 is 14.3 Å². The van der Waals surface area contributed by atoms with Crippen molar-refractivity contribution in [1.82, 2.24) is 14.8 Å². The summed E-state index contributed by atoms with van der Waals surface area (Å²) >= 11 is 0. The summed E-state index contributed by atoms with van der Waals surface area (Å²) in [6.45, 7) is 5.93. The second kappa shape index (κ2) is 10.6. The van der Waals surface area contributed by atoms with E-state index in [1.165, 1.54) is 6.20 Å². The Bertz CT molecular complexity index is 1140. The van der Waals surface area contributed by atoms with Crippen molar-refractivity contribution in [2.24, 2.45) is 11.8 Å². The zero-order chi connectivity index (χ0) is 24.9. The molecule has 2 amide bonds. The number of likely N-dealkylation sites (tertiary alicyclic amines) is 2. The summed E-state index contributed by atoms with van der Waals surface area (Å²) in [5.41, 5.74) is 2.13. The van der Waals surface area contributed by atoms with Crippen molar-refractivity contribution >= 4 is 11.8 Å². The molecule has 3 atom stereocenters. The number of benzene rings is 1. The van der Waals surface area contributed by atoms with E-state index in [4.69, 9.17) is 10.00 Å². The molecule has 35 heavy (non-hydrogen) atoms. The number of nitrogens with zero attached hydrogens (tertiary/aromatic N) is 5. The van der Waals surface area contributed by atoms with Gasteiger partial charge in [0.25, 0.3) is 0 Å². The number of piperidine rings is 1. The Balaban J connectivity index is 1.51. The van der Waals surface area contributed by atoms with Crippen LogP contribution in [-0.2, 0) is 9.59 Å². The van der Waals surface area contributed by atoms with Crippen LogP contribution in [0, 0.1) is 34.5 Å². The van der Waals surface area contributed by atoms with E-state index in [9.17, 15) is 14.9 Å². The van der Waals surface area contributed by atoms with Crippen molar-refractivity contribution in [3.63, 3.8) is 0 Å². The highest BCUT2D eigenvalue weighted by atomic mass is 16.5. The predicted octanol–water partition coefficient (Wildman–Crippen LogP) is 3.09. The van der Waals surface area contributed by atoms with E-state index < -0.39 is 0 Å². The second-order valence-corrected chi connectivity index (χ2v) is 9.35. The maximum atomic E-state index is 13.4. The van der Waals surface area contributed by atoms with E-state index in [1.807, 2.05) is 36.1 Å². The molecule has 8 heteroatoms. The van der Waals surface area contributed by atoms with Crippen molar-refractivity contribution in [2.45, 2.75) is 38.7 Å². The fourth-order valence-electron chi connectivity index (χ4n) is 5.14. The smallest absolute Gasteiger partial charge is 0.225 e. The molecular weight excluding hydrogens is 442 g/mol. The summed E-state index contributed by atoms with van der Waals surface area (Å²) in [5, 5.41) is 18.2. The molecule has 2 fully saturated rings. The van der Waals surface area contributed by atoms with Gasteiger partial charge in [0.1, 0.15) is 12.2 Å². The first-order valence-corrected chi connectivity index (χ1v) is 12.0. The molecule has 2 aliphatic heterocycles. The van der Waals surface area contributed by atoms with Gasteiger partial charge in [0.2, 0.25) is 17.7 Å². The van der Waals surface area contributed by atoms with Gasteiger partial charge in [-0.05, 0) is 43.5 Å². The molecule has 8 nitrogen and oxygen atoms in total. The zero-order valence-electron chi connectivity index (χ0n) is 20.1. The van der Waals surface area contributed by atoms with E-state index in [-0.39, 0.29) is 35.7 Å². The van der Waals surface area contributed by atoms with E-state index >= 15 is 0 Å². The standard InChI is InChI=1S/C27H29N5O3/c1-18(35-26-8-5-21(14-29)15-30-26)24-16-32(17-25(24)22-6-3-20(13-28)4-7-22)27(34)23-9-11-31(12-10-23)19(2)33/h3-8,15,18,23-25H,9-12,16-17H2,1-2H3/t18-,24+,25+/m0/s1. The molecule has 180 valence electrons. The summed E-state index contributed by atoms with van der Waals surface area (Å²) < 4.78 is 6.15. The van der Waals surface area contributed by atoms with Crippen LogP contribution in [0.5, 0.6) is 5.88 Å². The third-order valence-electron chi connectivity index (χ3n) is 7.21. The maximum absolute atomic E-state index is 13.4. The maximum Gasteiger partial charge on any atom is 0.225 e. The lowest BCUT2D eigenvalue weighted by molar-refractivity contribution is -0.139. The van der Waals surface area contributed by atoms with Crippen LogP contribution >= 0.6 is 0 Å². The van der Waals surface area contributed by atoms with Crippen LogP contribution in [0.4, 0.5) is 0 Å². The van der Waals surface area contributed by atoms with Crippen LogP contribution in [-0.4, -0.2) is 58.9 Å². The van der Waals surface area contributed by atoms with E-state index in [1.54, 1.807) is 24.0 Å². The lowest BCUT2D eigenvalue weighted by Crippen LogP contribution is -2.43. The topological polar surface area (TPSA) is 110 Å². The summed E-state index contributed by atoms with van der Waals surface area (Å²) in [7, 11) is 0. The lowest BCUT2D eigenvalue weighted by atomic mass is 9.85. The lowest BCUT2D eigenvalue weighted by Gasteiger charge is -2.32. The summed E-state index contributed by atoms with van der Waals surface area (Å²) in [5.74, 6) is 0.635. The number of ether oxygens (including phenoxy) is 1. The summed E-state index contributed by atoms with van der Waals surface area (Å²) in [6.07, 6.45) is 2.62. The molecule has 0 bridgehead atoms. The number of carbonyl (C=O) groups is 2. The SMILES string of the molecule is CC(=O)N1CCC(C(=O)N2C[C@H]([C@H](C)Oc3ccc(C#N)cn3)[C@@H](c3ccc(C#N)cc3)C2)CC1. The van der Waals surface area contributed by atoms with Gasteiger partial charge in [0.15, 0.2) is 0 Å². The molecular formula is C27H29N5O3. The Kier molecular flexibility index (Phi) is 7.31. The minimum Gasteiger partial charge on any atom is -0.474 e. The highest BCUT2D eigenvalue weighted by Crippen LogP contribution is 2.37. The molecule has 0 unspecified atom stereocenters. The van der Waals surface area contributed by atoms with E-state index in [2.05, 4.69) is 17.1 Å². The average Bonchev–Trinajstić information content (AvgIpc) is 3.34. The molecule has 2 aromatic rings. The van der Waals surface area contributed by atoms with Crippen molar-refractivity contribution in [3.8, 4) is 18.0 Å². The van der Waals surface area contributed by atoms with Crippen LogP contribution in [0.15, 0.2) is 42.6 Å². The number of hydrogen-bond donors (Lipinski definition) is 0.